The van der Waals surface area contributed by atoms with E-state index in [9.17, 15) is 0 Å². The lowest BCUT2D eigenvalue weighted by atomic mass is 10.4. The molecule has 0 aliphatic heterocycles. The second-order valence-corrected chi connectivity index (χ2v) is 5.13. The summed E-state index contributed by atoms with van der Waals surface area (Å²) in [5.74, 6) is 0.898. The number of halogens is 1. The normalized spacial score (nSPS) is 13.4. The molecule has 0 aromatic carbocycles. The fraction of sp³-hybridized carbons (Fsp3) is 0.538. The van der Waals surface area contributed by atoms with Crippen LogP contribution >= 0.6 is 11.6 Å². The third kappa shape index (κ3) is 2.65. The lowest BCUT2D eigenvalue weighted by Crippen LogP contribution is -2.23. The van der Waals surface area contributed by atoms with Gasteiger partial charge in [0.25, 0.3) is 0 Å². The summed E-state index contributed by atoms with van der Waals surface area (Å²) in [4.78, 5) is 11.2. The summed E-state index contributed by atoms with van der Waals surface area (Å²) in [6, 6.07) is 3.88. The van der Waals surface area contributed by atoms with E-state index in [0.717, 1.165) is 36.6 Å². The molecule has 0 aliphatic rings. The summed E-state index contributed by atoms with van der Waals surface area (Å²) >= 11 is 6.20. The van der Waals surface area contributed by atoms with Gasteiger partial charge in [-0.1, -0.05) is 6.92 Å². The molecule has 2 aromatic rings. The van der Waals surface area contributed by atoms with E-state index in [1.165, 1.54) is 0 Å². The number of likely N-dealkylation sites (N-methyl/N-ethyl adjacent to an activating group) is 1. The van der Waals surface area contributed by atoms with E-state index in [1.54, 1.807) is 6.20 Å². The third-order valence-electron chi connectivity index (χ3n) is 3.13. The van der Waals surface area contributed by atoms with Crippen molar-refractivity contribution in [3.63, 3.8) is 0 Å². The Hall–Kier alpha value is -1.13. The molecule has 1 atom stereocenters. The van der Waals surface area contributed by atoms with Gasteiger partial charge in [-0.3, -0.25) is 0 Å². The second kappa shape index (κ2) is 5.67. The SMILES string of the molecule is CCN(C)CCn1c(C(C)Cl)nc2cccnc21. The van der Waals surface area contributed by atoms with Crippen LogP contribution in [0.1, 0.15) is 25.0 Å². The molecule has 0 spiro atoms. The molecule has 4 nitrogen and oxygen atoms in total. The van der Waals surface area contributed by atoms with Gasteiger partial charge in [0.05, 0.1) is 5.38 Å². The number of imidazole rings is 1. The third-order valence-corrected chi connectivity index (χ3v) is 3.33. The molecule has 0 radical (unpaired) electrons. The van der Waals surface area contributed by atoms with Crippen LogP contribution < -0.4 is 0 Å². The minimum absolute atomic E-state index is 0.105. The van der Waals surface area contributed by atoms with Crippen LogP contribution in [0.3, 0.4) is 0 Å². The number of hydrogen-bond acceptors (Lipinski definition) is 3. The van der Waals surface area contributed by atoms with Crippen LogP contribution in [0.15, 0.2) is 18.3 Å². The van der Waals surface area contributed by atoms with Gasteiger partial charge in [-0.2, -0.15) is 0 Å². The smallest absolute Gasteiger partial charge is 0.160 e. The molecule has 0 saturated carbocycles. The Morgan fingerprint density at radius 1 is 1.50 bits per heavy atom. The fourth-order valence-electron chi connectivity index (χ4n) is 1.93. The highest BCUT2D eigenvalue weighted by atomic mass is 35.5. The first kappa shape index (κ1) is 13.3. The van der Waals surface area contributed by atoms with Crippen molar-refractivity contribution < 1.29 is 0 Å². The lowest BCUT2D eigenvalue weighted by molar-refractivity contribution is 0.335. The highest BCUT2D eigenvalue weighted by Gasteiger charge is 2.15. The molecular weight excluding hydrogens is 248 g/mol. The monoisotopic (exact) mass is 266 g/mol. The molecule has 0 amide bonds. The number of pyridine rings is 1. The summed E-state index contributed by atoms with van der Waals surface area (Å²) in [5, 5.41) is -0.105. The summed E-state index contributed by atoms with van der Waals surface area (Å²) in [6.07, 6.45) is 1.80. The Labute approximate surface area is 113 Å². The van der Waals surface area contributed by atoms with Crippen molar-refractivity contribution in [3.8, 4) is 0 Å². The van der Waals surface area contributed by atoms with E-state index in [1.807, 2.05) is 19.1 Å². The van der Waals surface area contributed by atoms with Crippen molar-refractivity contribution in [1.29, 1.82) is 0 Å². The maximum absolute atomic E-state index is 6.20. The van der Waals surface area contributed by atoms with Crippen molar-refractivity contribution in [3.05, 3.63) is 24.2 Å². The molecule has 0 fully saturated rings. The average molecular weight is 267 g/mol. The predicted octanol–water partition coefficient (Wildman–Crippen LogP) is 2.68. The number of hydrogen-bond donors (Lipinski definition) is 0. The molecule has 0 saturated heterocycles. The molecule has 98 valence electrons. The van der Waals surface area contributed by atoms with E-state index < -0.39 is 0 Å². The Balaban J connectivity index is 2.36. The van der Waals surface area contributed by atoms with Crippen LogP contribution in [0.25, 0.3) is 11.2 Å². The zero-order chi connectivity index (χ0) is 13.1. The van der Waals surface area contributed by atoms with Gasteiger partial charge in [0, 0.05) is 19.3 Å². The summed E-state index contributed by atoms with van der Waals surface area (Å²) < 4.78 is 2.12. The topological polar surface area (TPSA) is 34.0 Å². The van der Waals surface area contributed by atoms with Crippen LogP contribution in [0.2, 0.25) is 0 Å². The zero-order valence-corrected chi connectivity index (χ0v) is 11.9. The average Bonchev–Trinajstić information content (AvgIpc) is 2.75. The van der Waals surface area contributed by atoms with E-state index in [0.29, 0.717) is 0 Å². The molecule has 2 rings (SSSR count). The maximum atomic E-state index is 6.20. The van der Waals surface area contributed by atoms with Gasteiger partial charge >= 0.3 is 0 Å². The second-order valence-electron chi connectivity index (χ2n) is 4.48. The van der Waals surface area contributed by atoms with E-state index >= 15 is 0 Å². The van der Waals surface area contributed by atoms with E-state index in [2.05, 4.69) is 33.4 Å². The Bertz CT molecular complexity index is 521. The van der Waals surface area contributed by atoms with E-state index in [-0.39, 0.29) is 5.38 Å². The molecular formula is C13H19ClN4. The molecule has 18 heavy (non-hydrogen) atoms. The van der Waals surface area contributed by atoms with Crippen molar-refractivity contribution >= 4 is 22.8 Å². The molecule has 5 heteroatoms. The summed E-state index contributed by atoms with van der Waals surface area (Å²) in [6.45, 7) is 6.96. The highest BCUT2D eigenvalue weighted by Crippen LogP contribution is 2.23. The van der Waals surface area contributed by atoms with Crippen LogP contribution in [-0.2, 0) is 6.54 Å². The predicted molar refractivity (Wildman–Crippen MR) is 75.0 cm³/mol. The van der Waals surface area contributed by atoms with Gasteiger partial charge in [-0.05, 0) is 32.6 Å². The molecule has 1 unspecified atom stereocenters. The molecule has 0 N–H and O–H groups in total. The van der Waals surface area contributed by atoms with Gasteiger partial charge in [-0.15, -0.1) is 11.6 Å². The highest BCUT2D eigenvalue weighted by molar-refractivity contribution is 6.20. The minimum atomic E-state index is -0.105. The first-order valence-corrected chi connectivity index (χ1v) is 6.71. The van der Waals surface area contributed by atoms with Crippen molar-refractivity contribution in [2.24, 2.45) is 0 Å². The number of nitrogens with zero attached hydrogens (tertiary/aromatic N) is 4. The minimum Gasteiger partial charge on any atom is -0.310 e. The van der Waals surface area contributed by atoms with Crippen LogP contribution in [0, 0.1) is 0 Å². The Kier molecular flexibility index (Phi) is 4.19. The fourth-order valence-corrected chi connectivity index (χ4v) is 2.10. The number of aromatic nitrogens is 3. The number of rotatable bonds is 5. The standard InChI is InChI=1S/C13H19ClN4/c1-4-17(3)8-9-18-12(10(2)14)16-11-6-5-7-15-13(11)18/h5-7,10H,4,8-9H2,1-3H3. The first-order valence-electron chi connectivity index (χ1n) is 6.27. The van der Waals surface area contributed by atoms with Gasteiger partial charge in [0.15, 0.2) is 5.65 Å². The zero-order valence-electron chi connectivity index (χ0n) is 11.1. The first-order chi connectivity index (χ1) is 8.63. The van der Waals surface area contributed by atoms with Crippen LogP contribution in [0.4, 0.5) is 0 Å². The largest absolute Gasteiger partial charge is 0.310 e. The Morgan fingerprint density at radius 2 is 2.28 bits per heavy atom. The van der Waals surface area contributed by atoms with Gasteiger partial charge < -0.3 is 9.47 Å². The van der Waals surface area contributed by atoms with Gasteiger partial charge in [0.2, 0.25) is 0 Å². The number of fused-ring (bicyclic) bond motifs is 1. The summed E-state index contributed by atoms with van der Waals surface area (Å²) in [7, 11) is 2.11. The summed E-state index contributed by atoms with van der Waals surface area (Å²) in [5.41, 5.74) is 1.84. The quantitative estimate of drug-likeness (QED) is 0.781. The number of alkyl halides is 1. The molecule has 2 aromatic heterocycles. The van der Waals surface area contributed by atoms with Gasteiger partial charge in [-0.25, -0.2) is 9.97 Å². The van der Waals surface area contributed by atoms with Crippen molar-refractivity contribution in [2.45, 2.75) is 25.8 Å². The molecule has 0 aliphatic carbocycles. The molecule has 0 bridgehead atoms. The lowest BCUT2D eigenvalue weighted by Gasteiger charge is -2.16. The van der Waals surface area contributed by atoms with E-state index in [4.69, 9.17) is 11.6 Å². The molecule has 2 heterocycles. The van der Waals surface area contributed by atoms with Crippen molar-refractivity contribution in [2.75, 3.05) is 20.1 Å². The Morgan fingerprint density at radius 3 is 2.94 bits per heavy atom. The van der Waals surface area contributed by atoms with Crippen molar-refractivity contribution in [1.82, 2.24) is 19.4 Å². The van der Waals surface area contributed by atoms with Crippen LogP contribution in [0.5, 0.6) is 0 Å². The maximum Gasteiger partial charge on any atom is 0.160 e. The van der Waals surface area contributed by atoms with Crippen LogP contribution in [-0.4, -0.2) is 39.6 Å². The van der Waals surface area contributed by atoms with Gasteiger partial charge in [0.1, 0.15) is 11.3 Å².